The fourth-order valence-electron chi connectivity index (χ4n) is 2.81. The van der Waals surface area contributed by atoms with Crippen LogP contribution in [0.4, 0.5) is 0 Å². The fourth-order valence-corrected chi connectivity index (χ4v) is 3.09. The number of piperidine rings is 1. The molecule has 2 nitrogen and oxygen atoms in total. The molecular formula is C14H17ClN2. The zero-order valence-corrected chi connectivity index (χ0v) is 10.8. The van der Waals surface area contributed by atoms with Gasteiger partial charge in [0, 0.05) is 17.1 Å². The van der Waals surface area contributed by atoms with Gasteiger partial charge in [0.1, 0.15) is 0 Å². The van der Waals surface area contributed by atoms with Crippen molar-refractivity contribution in [3.05, 3.63) is 35.0 Å². The van der Waals surface area contributed by atoms with Crippen molar-refractivity contribution < 1.29 is 0 Å². The van der Waals surface area contributed by atoms with Crippen LogP contribution < -0.4 is 0 Å². The van der Waals surface area contributed by atoms with Gasteiger partial charge in [-0.3, -0.25) is 0 Å². The van der Waals surface area contributed by atoms with E-state index in [2.05, 4.69) is 29.2 Å². The molecule has 1 aliphatic rings. The zero-order valence-electron chi connectivity index (χ0n) is 10.0. The maximum Gasteiger partial charge on any atom is 0.0502 e. The molecular weight excluding hydrogens is 232 g/mol. The van der Waals surface area contributed by atoms with Crippen LogP contribution in [0.3, 0.4) is 0 Å². The van der Waals surface area contributed by atoms with Crippen LogP contribution in [0.25, 0.3) is 10.9 Å². The van der Waals surface area contributed by atoms with E-state index in [1.54, 1.807) is 0 Å². The van der Waals surface area contributed by atoms with Gasteiger partial charge in [0.05, 0.1) is 5.02 Å². The van der Waals surface area contributed by atoms with Gasteiger partial charge in [0.2, 0.25) is 0 Å². The van der Waals surface area contributed by atoms with Gasteiger partial charge in [-0.25, -0.2) is 0 Å². The second kappa shape index (κ2) is 4.35. The van der Waals surface area contributed by atoms with E-state index < -0.39 is 0 Å². The molecule has 1 aromatic carbocycles. The average molecular weight is 249 g/mol. The molecule has 3 rings (SSSR count). The van der Waals surface area contributed by atoms with Gasteiger partial charge in [-0.15, -0.1) is 0 Å². The minimum atomic E-state index is 0.653. The molecule has 3 heteroatoms. The van der Waals surface area contributed by atoms with E-state index in [9.17, 15) is 0 Å². The van der Waals surface area contributed by atoms with Crippen molar-refractivity contribution in [1.29, 1.82) is 0 Å². The molecule has 0 saturated carbocycles. The molecule has 0 aliphatic carbocycles. The van der Waals surface area contributed by atoms with Gasteiger partial charge in [0.25, 0.3) is 0 Å². The van der Waals surface area contributed by atoms with Crippen molar-refractivity contribution in [2.75, 3.05) is 20.1 Å². The number of likely N-dealkylation sites (tertiary alicyclic amines) is 1. The molecule has 0 unspecified atom stereocenters. The largest absolute Gasteiger partial charge is 0.361 e. The Bertz CT molecular complexity index is 524. The Morgan fingerprint density at radius 1 is 1.29 bits per heavy atom. The summed E-state index contributed by atoms with van der Waals surface area (Å²) in [6.45, 7) is 2.36. The summed E-state index contributed by atoms with van der Waals surface area (Å²) in [6.07, 6.45) is 4.61. The smallest absolute Gasteiger partial charge is 0.0502 e. The minimum absolute atomic E-state index is 0.653. The Labute approximate surface area is 107 Å². The summed E-state index contributed by atoms with van der Waals surface area (Å²) in [5, 5.41) is 2.10. The fraction of sp³-hybridized carbons (Fsp3) is 0.429. The highest BCUT2D eigenvalue weighted by atomic mass is 35.5. The first-order valence-corrected chi connectivity index (χ1v) is 6.57. The third-order valence-electron chi connectivity index (χ3n) is 3.84. The van der Waals surface area contributed by atoms with Crippen molar-refractivity contribution in [2.24, 2.45) is 0 Å². The van der Waals surface area contributed by atoms with E-state index in [0.29, 0.717) is 5.92 Å². The van der Waals surface area contributed by atoms with E-state index in [1.165, 1.54) is 36.9 Å². The molecule has 17 heavy (non-hydrogen) atoms. The number of hydrogen-bond acceptors (Lipinski definition) is 1. The van der Waals surface area contributed by atoms with E-state index in [0.717, 1.165) is 10.5 Å². The Morgan fingerprint density at radius 3 is 2.82 bits per heavy atom. The second-order valence-electron chi connectivity index (χ2n) is 4.98. The number of aromatic nitrogens is 1. The van der Waals surface area contributed by atoms with Crippen LogP contribution in [-0.2, 0) is 0 Å². The first-order valence-electron chi connectivity index (χ1n) is 6.20. The van der Waals surface area contributed by atoms with Crippen molar-refractivity contribution in [1.82, 2.24) is 9.88 Å². The van der Waals surface area contributed by atoms with Crippen molar-refractivity contribution in [3.63, 3.8) is 0 Å². The molecule has 1 aromatic heterocycles. The van der Waals surface area contributed by atoms with E-state index in [-0.39, 0.29) is 0 Å². The first-order chi connectivity index (χ1) is 8.25. The second-order valence-corrected chi connectivity index (χ2v) is 5.39. The standard InChI is InChI=1S/C14H17ClN2/c1-17-7-5-10(6-8-17)11-9-16-13-4-2-3-12(15)14(11)13/h2-4,9-10,16H,5-8H2,1H3. The monoisotopic (exact) mass is 248 g/mol. The summed E-state index contributed by atoms with van der Waals surface area (Å²) in [4.78, 5) is 5.74. The van der Waals surface area contributed by atoms with Crippen LogP contribution >= 0.6 is 11.6 Å². The summed E-state index contributed by atoms with van der Waals surface area (Å²) in [5.74, 6) is 0.653. The molecule has 0 radical (unpaired) electrons. The van der Waals surface area contributed by atoms with Crippen molar-refractivity contribution in [2.45, 2.75) is 18.8 Å². The highest BCUT2D eigenvalue weighted by Gasteiger charge is 2.21. The molecule has 2 aromatic rings. The summed E-state index contributed by atoms with van der Waals surface area (Å²) >= 11 is 6.32. The van der Waals surface area contributed by atoms with Crippen LogP contribution in [0.2, 0.25) is 5.02 Å². The van der Waals surface area contributed by atoms with Crippen molar-refractivity contribution >= 4 is 22.5 Å². The summed E-state index contributed by atoms with van der Waals surface area (Å²) in [7, 11) is 2.19. The van der Waals surface area contributed by atoms with E-state index in [1.807, 2.05) is 12.1 Å². The zero-order chi connectivity index (χ0) is 11.8. The molecule has 1 saturated heterocycles. The first kappa shape index (κ1) is 11.1. The number of halogens is 1. The lowest BCUT2D eigenvalue weighted by Gasteiger charge is -2.28. The van der Waals surface area contributed by atoms with Crippen LogP contribution in [-0.4, -0.2) is 30.0 Å². The molecule has 90 valence electrons. The Balaban J connectivity index is 2.00. The molecule has 1 aliphatic heterocycles. The third-order valence-corrected chi connectivity index (χ3v) is 4.16. The predicted molar refractivity (Wildman–Crippen MR) is 72.8 cm³/mol. The lowest BCUT2D eigenvalue weighted by molar-refractivity contribution is 0.256. The van der Waals surface area contributed by atoms with Crippen LogP contribution in [0.5, 0.6) is 0 Å². The number of hydrogen-bond donors (Lipinski definition) is 1. The Kier molecular flexibility index (Phi) is 2.85. The van der Waals surface area contributed by atoms with Gasteiger partial charge in [-0.2, -0.15) is 0 Å². The number of fused-ring (bicyclic) bond motifs is 1. The molecule has 0 bridgehead atoms. The highest BCUT2D eigenvalue weighted by Crippen LogP contribution is 2.36. The highest BCUT2D eigenvalue weighted by molar-refractivity contribution is 6.35. The van der Waals surface area contributed by atoms with Gasteiger partial charge in [-0.05, 0) is 56.6 Å². The Morgan fingerprint density at radius 2 is 2.06 bits per heavy atom. The van der Waals surface area contributed by atoms with Crippen molar-refractivity contribution in [3.8, 4) is 0 Å². The number of benzene rings is 1. The number of nitrogens with one attached hydrogen (secondary N) is 1. The molecule has 1 N–H and O–H groups in total. The lowest BCUT2D eigenvalue weighted by atomic mass is 9.89. The molecule has 0 amide bonds. The van der Waals surface area contributed by atoms with Gasteiger partial charge < -0.3 is 9.88 Å². The summed E-state index contributed by atoms with van der Waals surface area (Å²) in [6, 6.07) is 6.08. The molecule has 2 heterocycles. The van der Waals surface area contributed by atoms with E-state index in [4.69, 9.17) is 11.6 Å². The summed E-state index contributed by atoms with van der Waals surface area (Å²) in [5.41, 5.74) is 2.56. The quantitative estimate of drug-likeness (QED) is 0.817. The number of nitrogens with zero attached hydrogens (tertiary/aromatic N) is 1. The van der Waals surface area contributed by atoms with Crippen LogP contribution in [0.1, 0.15) is 24.3 Å². The lowest BCUT2D eigenvalue weighted by Crippen LogP contribution is -2.29. The topological polar surface area (TPSA) is 19.0 Å². The van der Waals surface area contributed by atoms with Gasteiger partial charge >= 0.3 is 0 Å². The van der Waals surface area contributed by atoms with Crippen LogP contribution in [0, 0.1) is 0 Å². The van der Waals surface area contributed by atoms with Gasteiger partial charge in [-0.1, -0.05) is 17.7 Å². The van der Waals surface area contributed by atoms with E-state index >= 15 is 0 Å². The predicted octanol–water partition coefficient (Wildman–Crippen LogP) is 3.63. The Hall–Kier alpha value is -0.990. The van der Waals surface area contributed by atoms with Gasteiger partial charge in [0.15, 0.2) is 0 Å². The molecule has 0 atom stereocenters. The SMILES string of the molecule is CN1CCC(c2c[nH]c3cccc(Cl)c23)CC1. The summed E-state index contributed by atoms with van der Waals surface area (Å²) < 4.78 is 0. The maximum atomic E-state index is 6.32. The minimum Gasteiger partial charge on any atom is -0.361 e. The number of rotatable bonds is 1. The third kappa shape index (κ3) is 1.96. The number of aromatic amines is 1. The molecule has 1 fully saturated rings. The normalized spacial score (nSPS) is 18.9. The number of H-pyrrole nitrogens is 1. The molecule has 0 spiro atoms. The average Bonchev–Trinajstić information content (AvgIpc) is 2.75. The van der Waals surface area contributed by atoms with Crippen LogP contribution in [0.15, 0.2) is 24.4 Å². The maximum absolute atomic E-state index is 6.32.